The Morgan fingerprint density at radius 1 is 1.35 bits per heavy atom. The van der Waals surface area contributed by atoms with Crippen LogP contribution < -0.4 is 10.6 Å². The van der Waals surface area contributed by atoms with E-state index in [9.17, 15) is 14.7 Å². The summed E-state index contributed by atoms with van der Waals surface area (Å²) in [6.07, 6.45) is 3.63. The number of carbonyl (C=O) groups excluding carboxylic acids is 2. The van der Waals surface area contributed by atoms with Crippen molar-refractivity contribution >= 4 is 29.0 Å². The van der Waals surface area contributed by atoms with Crippen LogP contribution >= 0.6 is 11.3 Å². The lowest BCUT2D eigenvalue weighted by atomic mass is 9.99. The van der Waals surface area contributed by atoms with Gasteiger partial charge < -0.3 is 25.4 Å². The zero-order chi connectivity index (χ0) is 24.7. The first-order chi connectivity index (χ1) is 16.0. The van der Waals surface area contributed by atoms with Gasteiger partial charge in [-0.25, -0.2) is 9.97 Å². The molecule has 2 aromatic rings. The highest BCUT2D eigenvalue weighted by molar-refractivity contribution is 7.17. The standard InChI is InChI=1S/C24H33N5O4S/c1-14-9-17(27-23(3,4)5)25-10-16(14)19-18(22(32)29-8-6-7-15(29)2)26-21(34-19)20(31)28-24(11-30)12-33-13-24/h9-10,15,30H,6-8,11-13H2,1-5H3,(H,25,27)(H,28,31)/t15-/m0/s1. The summed E-state index contributed by atoms with van der Waals surface area (Å²) in [6, 6.07) is 2.07. The van der Waals surface area contributed by atoms with Crippen molar-refractivity contribution < 1.29 is 19.4 Å². The van der Waals surface area contributed by atoms with Crippen LogP contribution in [0.1, 0.15) is 66.4 Å². The number of thiazole rings is 1. The number of carbonyl (C=O) groups is 2. The third-order valence-electron chi connectivity index (χ3n) is 6.13. The largest absolute Gasteiger partial charge is 0.394 e. The second-order valence-corrected chi connectivity index (χ2v) is 11.3. The van der Waals surface area contributed by atoms with Crippen molar-refractivity contribution in [3.05, 3.63) is 28.5 Å². The minimum Gasteiger partial charge on any atom is -0.394 e. The van der Waals surface area contributed by atoms with Crippen LogP contribution in [0, 0.1) is 6.92 Å². The molecule has 0 aromatic carbocycles. The SMILES string of the molecule is Cc1cc(NC(C)(C)C)ncc1-c1sc(C(=O)NC2(CO)COC2)nc1C(=O)N1CCC[C@@H]1C. The summed E-state index contributed by atoms with van der Waals surface area (Å²) in [5, 5.41) is 16.1. The van der Waals surface area contributed by atoms with Gasteiger partial charge in [0.25, 0.3) is 11.8 Å². The number of aromatic nitrogens is 2. The number of amides is 2. The van der Waals surface area contributed by atoms with Gasteiger partial charge in [-0.1, -0.05) is 0 Å². The molecule has 9 nitrogen and oxygen atoms in total. The molecule has 0 radical (unpaired) electrons. The highest BCUT2D eigenvalue weighted by Crippen LogP contribution is 2.35. The van der Waals surface area contributed by atoms with Crippen molar-refractivity contribution in [1.29, 1.82) is 0 Å². The quantitative estimate of drug-likeness (QED) is 0.574. The van der Waals surface area contributed by atoms with Gasteiger partial charge in [0, 0.05) is 29.9 Å². The molecule has 2 aliphatic heterocycles. The van der Waals surface area contributed by atoms with Gasteiger partial charge in [-0.3, -0.25) is 9.59 Å². The van der Waals surface area contributed by atoms with Crippen molar-refractivity contribution in [2.24, 2.45) is 0 Å². The molecule has 184 valence electrons. The molecule has 4 heterocycles. The van der Waals surface area contributed by atoms with Crippen molar-refractivity contribution in [2.45, 2.75) is 64.6 Å². The monoisotopic (exact) mass is 487 g/mol. The second kappa shape index (κ2) is 9.24. The van der Waals surface area contributed by atoms with Gasteiger partial charge in [-0.2, -0.15) is 0 Å². The Hall–Kier alpha value is -2.56. The molecule has 4 rings (SSSR count). The van der Waals surface area contributed by atoms with E-state index < -0.39 is 11.4 Å². The van der Waals surface area contributed by atoms with Crippen LogP contribution in [0.5, 0.6) is 0 Å². The van der Waals surface area contributed by atoms with Crippen LogP contribution in [0.25, 0.3) is 10.4 Å². The smallest absolute Gasteiger partial charge is 0.280 e. The number of aliphatic hydroxyl groups is 1. The average molecular weight is 488 g/mol. The van der Waals surface area contributed by atoms with E-state index in [2.05, 4.69) is 41.4 Å². The number of rotatable bonds is 6. The van der Waals surface area contributed by atoms with Crippen LogP contribution in [0.3, 0.4) is 0 Å². The average Bonchev–Trinajstić information content (AvgIpc) is 3.36. The van der Waals surface area contributed by atoms with Crippen LogP contribution in [0.15, 0.2) is 12.3 Å². The summed E-state index contributed by atoms with van der Waals surface area (Å²) >= 11 is 1.17. The molecule has 2 fully saturated rings. The summed E-state index contributed by atoms with van der Waals surface area (Å²) in [5.74, 6) is 0.149. The zero-order valence-electron chi connectivity index (χ0n) is 20.4. The number of likely N-dealkylation sites (tertiary alicyclic amines) is 1. The molecule has 2 aromatic heterocycles. The van der Waals surface area contributed by atoms with Crippen molar-refractivity contribution in [2.75, 3.05) is 31.7 Å². The highest BCUT2D eigenvalue weighted by Gasteiger charge is 2.41. The number of aryl methyl sites for hydroxylation is 1. The van der Waals surface area contributed by atoms with Gasteiger partial charge in [-0.05, 0) is 59.1 Å². The van der Waals surface area contributed by atoms with Crippen LogP contribution in [-0.2, 0) is 4.74 Å². The van der Waals surface area contributed by atoms with Crippen molar-refractivity contribution in [3.8, 4) is 10.4 Å². The molecule has 2 aliphatic rings. The predicted molar refractivity (Wildman–Crippen MR) is 131 cm³/mol. The van der Waals surface area contributed by atoms with Gasteiger partial charge in [0.15, 0.2) is 5.01 Å². The fraction of sp³-hybridized carbons (Fsp3) is 0.583. The number of hydrogen-bond acceptors (Lipinski definition) is 8. The molecular formula is C24H33N5O4S. The van der Waals surface area contributed by atoms with Crippen LogP contribution in [-0.4, -0.2) is 75.3 Å². The summed E-state index contributed by atoms with van der Waals surface area (Å²) in [4.78, 5) is 38.1. The van der Waals surface area contributed by atoms with Gasteiger partial charge in [-0.15, -0.1) is 11.3 Å². The highest BCUT2D eigenvalue weighted by atomic mass is 32.1. The molecule has 0 bridgehead atoms. The van der Waals surface area contributed by atoms with E-state index in [4.69, 9.17) is 4.74 Å². The lowest BCUT2D eigenvalue weighted by Crippen LogP contribution is -2.64. The number of nitrogens with zero attached hydrogens (tertiary/aromatic N) is 3. The lowest BCUT2D eigenvalue weighted by molar-refractivity contribution is -0.0919. The minimum absolute atomic E-state index is 0.127. The maximum atomic E-state index is 13.5. The molecule has 0 aliphatic carbocycles. The Kier molecular flexibility index (Phi) is 6.67. The number of ether oxygens (including phenoxy) is 1. The Balaban J connectivity index is 1.71. The third-order valence-corrected chi connectivity index (χ3v) is 7.22. The van der Waals surface area contributed by atoms with Crippen LogP contribution in [0.4, 0.5) is 5.82 Å². The second-order valence-electron chi connectivity index (χ2n) is 10.3. The first kappa shape index (κ1) is 24.6. The fourth-order valence-electron chi connectivity index (χ4n) is 4.21. The fourth-order valence-corrected chi connectivity index (χ4v) is 5.24. The first-order valence-electron chi connectivity index (χ1n) is 11.6. The number of anilines is 1. The maximum absolute atomic E-state index is 13.5. The third kappa shape index (κ3) is 4.94. The van der Waals surface area contributed by atoms with E-state index in [1.165, 1.54) is 11.3 Å². The van der Waals surface area contributed by atoms with Gasteiger partial charge >= 0.3 is 0 Å². The van der Waals surface area contributed by atoms with E-state index in [0.717, 1.165) is 29.8 Å². The van der Waals surface area contributed by atoms with Crippen molar-refractivity contribution in [3.63, 3.8) is 0 Å². The predicted octanol–water partition coefficient (Wildman–Crippen LogP) is 2.84. The molecule has 0 saturated carbocycles. The lowest BCUT2D eigenvalue weighted by Gasteiger charge is -2.40. The minimum atomic E-state index is -0.797. The Morgan fingerprint density at radius 2 is 2.09 bits per heavy atom. The number of pyridine rings is 1. The summed E-state index contributed by atoms with van der Waals surface area (Å²) in [6.45, 7) is 11.1. The molecule has 2 amide bonds. The molecule has 10 heteroatoms. The first-order valence-corrected chi connectivity index (χ1v) is 12.4. The topological polar surface area (TPSA) is 117 Å². The molecule has 2 saturated heterocycles. The summed E-state index contributed by atoms with van der Waals surface area (Å²) < 4.78 is 5.18. The van der Waals surface area contributed by atoms with Gasteiger partial charge in [0.1, 0.15) is 17.1 Å². The van der Waals surface area contributed by atoms with E-state index >= 15 is 0 Å². The van der Waals surface area contributed by atoms with Crippen molar-refractivity contribution in [1.82, 2.24) is 20.2 Å². The molecule has 0 unspecified atom stereocenters. The Labute approximate surface area is 203 Å². The van der Waals surface area contributed by atoms with Gasteiger partial charge in [0.2, 0.25) is 0 Å². The zero-order valence-corrected chi connectivity index (χ0v) is 21.2. The summed E-state index contributed by atoms with van der Waals surface area (Å²) in [7, 11) is 0. The van der Waals surface area contributed by atoms with E-state index in [0.29, 0.717) is 11.4 Å². The van der Waals surface area contributed by atoms with E-state index in [1.54, 1.807) is 6.20 Å². The molecule has 3 N–H and O–H groups in total. The molecule has 0 spiro atoms. The Bertz CT molecular complexity index is 1080. The number of nitrogens with one attached hydrogen (secondary N) is 2. The van der Waals surface area contributed by atoms with Gasteiger partial charge in [0.05, 0.1) is 24.7 Å². The van der Waals surface area contributed by atoms with E-state index in [-0.39, 0.29) is 48.0 Å². The molecule has 1 atom stereocenters. The molecular weight excluding hydrogens is 454 g/mol. The summed E-state index contributed by atoms with van der Waals surface area (Å²) in [5.41, 5.74) is 1.04. The van der Waals surface area contributed by atoms with E-state index in [1.807, 2.05) is 24.8 Å². The number of aliphatic hydroxyl groups excluding tert-OH is 1. The molecule has 34 heavy (non-hydrogen) atoms. The Morgan fingerprint density at radius 3 is 2.62 bits per heavy atom. The normalized spacial score (nSPS) is 19.6. The maximum Gasteiger partial charge on any atom is 0.280 e. The number of hydrogen-bond donors (Lipinski definition) is 3. The van der Waals surface area contributed by atoms with Crippen LogP contribution in [0.2, 0.25) is 0 Å².